The van der Waals surface area contributed by atoms with Gasteiger partial charge in [-0.3, -0.25) is 9.59 Å². The lowest BCUT2D eigenvalue weighted by Gasteiger charge is -2.32. The Balaban J connectivity index is 1.65. The molecule has 0 aromatic heterocycles. The first kappa shape index (κ1) is 18.2. The first-order valence-corrected chi connectivity index (χ1v) is 9.32. The summed E-state index contributed by atoms with van der Waals surface area (Å²) in [4.78, 5) is 27.2. The Kier molecular flexibility index (Phi) is 5.71. The number of nitrogens with one attached hydrogen (secondary N) is 1. The van der Waals surface area contributed by atoms with Gasteiger partial charge in [0, 0.05) is 24.3 Å². The molecule has 1 heterocycles. The van der Waals surface area contributed by atoms with Crippen molar-refractivity contribution in [3.8, 4) is 0 Å². The molecule has 2 amide bonds. The molecule has 0 unspecified atom stereocenters. The summed E-state index contributed by atoms with van der Waals surface area (Å²) in [5, 5.41) is 3.02. The molecular formula is C22H26N2O2. The molecule has 1 aliphatic heterocycles. The molecule has 0 bridgehead atoms. The van der Waals surface area contributed by atoms with Crippen LogP contribution < -0.4 is 5.32 Å². The van der Waals surface area contributed by atoms with Crippen LogP contribution in [0.2, 0.25) is 0 Å². The number of amides is 2. The molecule has 3 rings (SSSR count). The second kappa shape index (κ2) is 8.17. The van der Waals surface area contributed by atoms with Crippen LogP contribution in [0.25, 0.3) is 0 Å². The Morgan fingerprint density at radius 2 is 1.96 bits per heavy atom. The van der Waals surface area contributed by atoms with Crippen molar-refractivity contribution in [2.75, 3.05) is 18.4 Å². The minimum atomic E-state index is -0.164. The zero-order valence-electron chi connectivity index (χ0n) is 15.5. The van der Waals surface area contributed by atoms with Crippen LogP contribution in [-0.2, 0) is 11.2 Å². The lowest BCUT2D eigenvalue weighted by Crippen LogP contribution is -2.43. The highest BCUT2D eigenvalue weighted by Crippen LogP contribution is 2.21. The van der Waals surface area contributed by atoms with Gasteiger partial charge >= 0.3 is 0 Å². The van der Waals surface area contributed by atoms with Gasteiger partial charge in [-0.15, -0.1) is 0 Å². The van der Waals surface area contributed by atoms with E-state index in [0.29, 0.717) is 18.7 Å². The van der Waals surface area contributed by atoms with Crippen molar-refractivity contribution in [3.63, 3.8) is 0 Å². The summed E-state index contributed by atoms with van der Waals surface area (Å²) in [6, 6.07) is 15.6. The SMILES string of the molecule is CCc1cccc(NC(=O)[C@@H]2CCCN(C(=O)c3cccc(C)c3)C2)c1. The van der Waals surface area contributed by atoms with Crippen LogP contribution in [0.4, 0.5) is 5.69 Å². The molecule has 2 aromatic rings. The minimum Gasteiger partial charge on any atom is -0.338 e. The van der Waals surface area contributed by atoms with Gasteiger partial charge in [-0.05, 0) is 56.0 Å². The largest absolute Gasteiger partial charge is 0.338 e. The fraction of sp³-hybridized carbons (Fsp3) is 0.364. The first-order valence-electron chi connectivity index (χ1n) is 9.32. The topological polar surface area (TPSA) is 49.4 Å². The molecule has 1 saturated heterocycles. The number of carbonyl (C=O) groups is 2. The standard InChI is InChI=1S/C22H26N2O2/c1-3-17-8-5-11-20(14-17)23-21(25)19-10-6-12-24(15-19)22(26)18-9-4-7-16(2)13-18/h4-5,7-9,11,13-14,19H,3,6,10,12,15H2,1-2H3,(H,23,25)/t19-/m1/s1. The Morgan fingerprint density at radius 1 is 1.15 bits per heavy atom. The number of hydrogen-bond donors (Lipinski definition) is 1. The van der Waals surface area contributed by atoms with Crippen LogP contribution in [0.15, 0.2) is 48.5 Å². The van der Waals surface area contributed by atoms with Gasteiger partial charge < -0.3 is 10.2 Å². The third-order valence-electron chi connectivity index (χ3n) is 4.95. The van der Waals surface area contributed by atoms with Gasteiger partial charge in [0.2, 0.25) is 5.91 Å². The van der Waals surface area contributed by atoms with Gasteiger partial charge in [0.25, 0.3) is 5.91 Å². The summed E-state index contributed by atoms with van der Waals surface area (Å²) in [5.74, 6) is -0.151. The van der Waals surface area contributed by atoms with E-state index < -0.39 is 0 Å². The molecule has 1 aliphatic rings. The number of carbonyl (C=O) groups excluding carboxylic acids is 2. The van der Waals surface area contributed by atoms with Gasteiger partial charge in [0.05, 0.1) is 5.92 Å². The normalized spacial score (nSPS) is 17.0. The van der Waals surface area contributed by atoms with Crippen LogP contribution in [0, 0.1) is 12.8 Å². The van der Waals surface area contributed by atoms with E-state index in [0.717, 1.165) is 30.5 Å². The van der Waals surface area contributed by atoms with E-state index in [1.807, 2.05) is 54.3 Å². The Bertz CT molecular complexity index is 800. The smallest absolute Gasteiger partial charge is 0.253 e. The van der Waals surface area contributed by atoms with Crippen LogP contribution in [-0.4, -0.2) is 29.8 Å². The van der Waals surface area contributed by atoms with Gasteiger partial charge in [-0.1, -0.05) is 36.8 Å². The monoisotopic (exact) mass is 350 g/mol. The molecule has 1 fully saturated rings. The van der Waals surface area contributed by atoms with Crippen molar-refractivity contribution in [1.82, 2.24) is 4.90 Å². The van der Waals surface area contributed by atoms with Crippen molar-refractivity contribution >= 4 is 17.5 Å². The number of hydrogen-bond acceptors (Lipinski definition) is 2. The van der Waals surface area contributed by atoms with E-state index >= 15 is 0 Å². The maximum Gasteiger partial charge on any atom is 0.253 e. The molecule has 0 aliphatic carbocycles. The lowest BCUT2D eigenvalue weighted by atomic mass is 9.96. The molecule has 0 saturated carbocycles. The summed E-state index contributed by atoms with van der Waals surface area (Å²) >= 11 is 0. The highest BCUT2D eigenvalue weighted by Gasteiger charge is 2.29. The third-order valence-corrected chi connectivity index (χ3v) is 4.95. The number of rotatable bonds is 4. The zero-order chi connectivity index (χ0) is 18.5. The summed E-state index contributed by atoms with van der Waals surface area (Å²) in [6.07, 6.45) is 2.60. The zero-order valence-corrected chi connectivity index (χ0v) is 15.5. The average molecular weight is 350 g/mol. The fourth-order valence-corrected chi connectivity index (χ4v) is 3.45. The van der Waals surface area contributed by atoms with Gasteiger partial charge in [0.1, 0.15) is 0 Å². The molecule has 26 heavy (non-hydrogen) atoms. The summed E-state index contributed by atoms with van der Waals surface area (Å²) in [5.41, 5.74) is 3.79. The molecule has 4 nitrogen and oxygen atoms in total. The van der Waals surface area contributed by atoms with Gasteiger partial charge in [0.15, 0.2) is 0 Å². The summed E-state index contributed by atoms with van der Waals surface area (Å²) in [6.45, 7) is 5.26. The van der Waals surface area contributed by atoms with Crippen LogP contribution in [0.5, 0.6) is 0 Å². The summed E-state index contributed by atoms with van der Waals surface area (Å²) < 4.78 is 0. The predicted octanol–water partition coefficient (Wildman–Crippen LogP) is 4.05. The van der Waals surface area contributed by atoms with E-state index in [-0.39, 0.29) is 17.7 Å². The molecule has 4 heteroatoms. The molecular weight excluding hydrogens is 324 g/mol. The Labute approximate surface area is 155 Å². The summed E-state index contributed by atoms with van der Waals surface area (Å²) in [7, 11) is 0. The lowest BCUT2D eigenvalue weighted by molar-refractivity contribution is -0.121. The van der Waals surface area contributed by atoms with Crippen LogP contribution >= 0.6 is 0 Å². The number of anilines is 1. The minimum absolute atomic E-state index is 0.00000436. The molecule has 1 N–H and O–H groups in total. The van der Waals surface area contributed by atoms with Crippen molar-refractivity contribution < 1.29 is 9.59 Å². The van der Waals surface area contributed by atoms with Crippen molar-refractivity contribution in [3.05, 3.63) is 65.2 Å². The van der Waals surface area contributed by atoms with Crippen molar-refractivity contribution in [2.45, 2.75) is 33.1 Å². The first-order chi connectivity index (χ1) is 12.6. The number of aryl methyl sites for hydroxylation is 2. The van der Waals surface area contributed by atoms with Crippen molar-refractivity contribution in [2.24, 2.45) is 5.92 Å². The molecule has 0 radical (unpaired) electrons. The second-order valence-corrected chi connectivity index (χ2v) is 7.00. The van der Waals surface area contributed by atoms with Crippen molar-refractivity contribution in [1.29, 1.82) is 0 Å². The highest BCUT2D eigenvalue weighted by atomic mass is 16.2. The number of piperidine rings is 1. The van der Waals surface area contributed by atoms with E-state index in [4.69, 9.17) is 0 Å². The maximum absolute atomic E-state index is 12.8. The quantitative estimate of drug-likeness (QED) is 0.904. The third kappa shape index (κ3) is 4.31. The number of nitrogens with zero attached hydrogens (tertiary/aromatic N) is 1. The number of likely N-dealkylation sites (tertiary alicyclic amines) is 1. The van der Waals surface area contributed by atoms with Gasteiger partial charge in [-0.25, -0.2) is 0 Å². The Morgan fingerprint density at radius 3 is 2.73 bits per heavy atom. The predicted molar refractivity (Wildman–Crippen MR) is 104 cm³/mol. The van der Waals surface area contributed by atoms with Gasteiger partial charge in [-0.2, -0.15) is 0 Å². The second-order valence-electron chi connectivity index (χ2n) is 7.00. The van der Waals surface area contributed by atoms with E-state index in [2.05, 4.69) is 18.3 Å². The van der Waals surface area contributed by atoms with E-state index in [9.17, 15) is 9.59 Å². The average Bonchev–Trinajstić information content (AvgIpc) is 2.67. The number of benzene rings is 2. The Hall–Kier alpha value is -2.62. The van der Waals surface area contributed by atoms with E-state index in [1.165, 1.54) is 5.56 Å². The maximum atomic E-state index is 12.8. The molecule has 0 spiro atoms. The fourth-order valence-electron chi connectivity index (χ4n) is 3.45. The van der Waals surface area contributed by atoms with E-state index in [1.54, 1.807) is 0 Å². The molecule has 136 valence electrons. The van der Waals surface area contributed by atoms with Crippen LogP contribution in [0.3, 0.4) is 0 Å². The van der Waals surface area contributed by atoms with Crippen LogP contribution in [0.1, 0.15) is 41.3 Å². The molecule has 1 atom stereocenters. The molecule has 2 aromatic carbocycles. The highest BCUT2D eigenvalue weighted by molar-refractivity contribution is 5.96.